The maximum Gasteiger partial charge on any atom is 0.276 e. The minimum absolute atomic E-state index is 0.0389. The molecule has 0 radical (unpaired) electrons. The summed E-state index contributed by atoms with van der Waals surface area (Å²) in [7, 11) is 1.43. The SMILES string of the molecule is CNC(=O)/C(N)=C(\NC(=O)c1nc(C2CC2)ccc1Nc1cncnc1)SN. The van der Waals surface area contributed by atoms with Crippen molar-refractivity contribution in [2.45, 2.75) is 18.8 Å². The maximum atomic E-state index is 12.9. The van der Waals surface area contributed by atoms with Crippen LogP contribution in [0.3, 0.4) is 0 Å². The molecule has 11 heteroatoms. The van der Waals surface area contributed by atoms with Crippen molar-refractivity contribution in [3.05, 3.63) is 53.0 Å². The van der Waals surface area contributed by atoms with Crippen molar-refractivity contribution in [1.29, 1.82) is 0 Å². The van der Waals surface area contributed by atoms with Gasteiger partial charge in [-0.15, -0.1) is 0 Å². The summed E-state index contributed by atoms with van der Waals surface area (Å²) in [5.41, 5.74) is 7.64. The van der Waals surface area contributed by atoms with Crippen LogP contribution < -0.4 is 26.8 Å². The highest BCUT2D eigenvalue weighted by atomic mass is 32.2. The highest BCUT2D eigenvalue weighted by Gasteiger charge is 2.27. The molecule has 10 nitrogen and oxygen atoms in total. The molecule has 1 aliphatic carbocycles. The number of pyridine rings is 1. The summed E-state index contributed by atoms with van der Waals surface area (Å²) in [6.45, 7) is 0. The van der Waals surface area contributed by atoms with Gasteiger partial charge in [0.1, 0.15) is 17.1 Å². The predicted octanol–water partition coefficient (Wildman–Crippen LogP) is 0.703. The Morgan fingerprint density at radius 3 is 2.54 bits per heavy atom. The average molecular weight is 400 g/mol. The molecule has 7 N–H and O–H groups in total. The Morgan fingerprint density at radius 1 is 1.21 bits per heavy atom. The number of carbonyl (C=O) groups excluding carboxylic acids is 2. The number of amides is 2. The number of hydrogen-bond donors (Lipinski definition) is 5. The Morgan fingerprint density at radius 2 is 1.93 bits per heavy atom. The first-order valence-electron chi connectivity index (χ1n) is 8.46. The van der Waals surface area contributed by atoms with Crippen LogP contribution in [0.1, 0.15) is 34.9 Å². The van der Waals surface area contributed by atoms with Gasteiger partial charge in [-0.3, -0.25) is 14.7 Å². The Labute approximate surface area is 165 Å². The van der Waals surface area contributed by atoms with Gasteiger partial charge in [0.15, 0.2) is 5.69 Å². The van der Waals surface area contributed by atoms with Gasteiger partial charge in [-0.05, 0) is 36.9 Å². The second-order valence-electron chi connectivity index (χ2n) is 6.05. The zero-order valence-electron chi connectivity index (χ0n) is 15.1. The standard InChI is InChI=1S/C17H20N8O2S/c1-20-15(26)13(18)17(28-19)25-16(27)14-12(23-10-6-21-8-22-7-10)5-4-11(24-14)9-2-3-9/h4-9,23H,2-3,18-19H2,1H3,(H,20,26)(H,25,27)/b17-13-. The molecule has 0 unspecified atom stereocenters. The van der Waals surface area contributed by atoms with E-state index in [1.165, 1.54) is 13.4 Å². The van der Waals surface area contributed by atoms with Gasteiger partial charge in [0.2, 0.25) is 0 Å². The monoisotopic (exact) mass is 400 g/mol. The molecule has 0 spiro atoms. The minimum atomic E-state index is -0.548. The molecule has 0 aliphatic heterocycles. The molecule has 0 atom stereocenters. The summed E-state index contributed by atoms with van der Waals surface area (Å²) < 4.78 is 0. The lowest BCUT2D eigenvalue weighted by molar-refractivity contribution is -0.117. The van der Waals surface area contributed by atoms with Crippen LogP contribution in [-0.4, -0.2) is 33.8 Å². The topological polar surface area (TPSA) is 161 Å². The second-order valence-corrected chi connectivity index (χ2v) is 6.70. The van der Waals surface area contributed by atoms with E-state index in [1.54, 1.807) is 18.5 Å². The highest BCUT2D eigenvalue weighted by molar-refractivity contribution is 8.00. The van der Waals surface area contributed by atoms with Gasteiger partial charge < -0.3 is 21.7 Å². The summed E-state index contributed by atoms with van der Waals surface area (Å²) in [5.74, 6) is -0.732. The number of aromatic nitrogens is 3. The molecule has 1 aliphatic rings. The van der Waals surface area contributed by atoms with E-state index in [9.17, 15) is 9.59 Å². The molecule has 2 aromatic rings. The van der Waals surface area contributed by atoms with Crippen LogP contribution in [0, 0.1) is 0 Å². The van der Waals surface area contributed by atoms with Crippen molar-refractivity contribution in [3.8, 4) is 0 Å². The molecular weight excluding hydrogens is 380 g/mol. The average Bonchev–Trinajstić information content (AvgIpc) is 3.57. The van der Waals surface area contributed by atoms with E-state index < -0.39 is 11.8 Å². The van der Waals surface area contributed by atoms with E-state index in [4.69, 9.17) is 10.9 Å². The number of anilines is 2. The van der Waals surface area contributed by atoms with Crippen molar-refractivity contribution in [3.63, 3.8) is 0 Å². The third kappa shape index (κ3) is 4.56. The number of nitrogens with one attached hydrogen (secondary N) is 3. The number of nitrogens with zero attached hydrogens (tertiary/aromatic N) is 3. The summed E-state index contributed by atoms with van der Waals surface area (Å²) in [4.78, 5) is 37.0. The molecule has 1 saturated carbocycles. The lowest BCUT2D eigenvalue weighted by Gasteiger charge is -2.14. The molecule has 2 amide bonds. The molecular formula is C17H20N8O2S. The number of rotatable bonds is 7. The first-order chi connectivity index (χ1) is 13.5. The number of carbonyl (C=O) groups is 2. The van der Waals surface area contributed by atoms with E-state index in [2.05, 4.69) is 30.9 Å². The fourth-order valence-electron chi connectivity index (χ4n) is 2.43. The number of nitrogens with two attached hydrogens (primary N) is 2. The fourth-order valence-corrected chi connectivity index (χ4v) is 2.81. The quantitative estimate of drug-likeness (QED) is 0.333. The van der Waals surface area contributed by atoms with Crippen molar-refractivity contribution in [2.75, 3.05) is 12.4 Å². The van der Waals surface area contributed by atoms with Crippen LogP contribution in [0.25, 0.3) is 0 Å². The minimum Gasteiger partial charge on any atom is -0.392 e. The second kappa shape index (κ2) is 8.67. The van der Waals surface area contributed by atoms with Crippen LogP contribution in [0.4, 0.5) is 11.4 Å². The lowest BCUT2D eigenvalue weighted by atomic mass is 10.2. The zero-order valence-corrected chi connectivity index (χ0v) is 15.9. The molecule has 3 rings (SSSR count). The number of hydrogen-bond acceptors (Lipinski definition) is 9. The van der Waals surface area contributed by atoms with E-state index in [0.717, 1.165) is 18.5 Å². The molecule has 2 aromatic heterocycles. The van der Waals surface area contributed by atoms with Crippen LogP contribution in [0.5, 0.6) is 0 Å². The van der Waals surface area contributed by atoms with Gasteiger partial charge in [0.05, 0.1) is 23.8 Å². The van der Waals surface area contributed by atoms with Crippen LogP contribution in [0.2, 0.25) is 0 Å². The predicted molar refractivity (Wildman–Crippen MR) is 106 cm³/mol. The summed E-state index contributed by atoms with van der Waals surface area (Å²) >= 11 is 0.671. The van der Waals surface area contributed by atoms with Crippen LogP contribution in [0.15, 0.2) is 41.6 Å². The number of likely N-dealkylation sites (N-methyl/N-ethyl adjacent to an activating group) is 1. The van der Waals surface area contributed by atoms with E-state index in [-0.39, 0.29) is 16.4 Å². The Kier molecular flexibility index (Phi) is 6.06. The molecule has 2 heterocycles. The first kappa shape index (κ1) is 19.6. The molecule has 146 valence electrons. The molecule has 28 heavy (non-hydrogen) atoms. The van der Waals surface area contributed by atoms with E-state index >= 15 is 0 Å². The summed E-state index contributed by atoms with van der Waals surface area (Å²) in [6, 6.07) is 3.66. The molecule has 1 fully saturated rings. The van der Waals surface area contributed by atoms with Gasteiger partial charge in [-0.1, -0.05) is 0 Å². The Balaban J connectivity index is 1.92. The summed E-state index contributed by atoms with van der Waals surface area (Å²) in [5, 5.41) is 13.6. The van der Waals surface area contributed by atoms with Crippen molar-refractivity contribution >= 4 is 35.1 Å². The Bertz CT molecular complexity index is 915. The third-order valence-corrected chi connectivity index (χ3v) is 4.59. The van der Waals surface area contributed by atoms with Gasteiger partial charge >= 0.3 is 0 Å². The van der Waals surface area contributed by atoms with Gasteiger partial charge in [0, 0.05) is 18.7 Å². The highest BCUT2D eigenvalue weighted by Crippen LogP contribution is 2.39. The fraction of sp³-hybridized carbons (Fsp3) is 0.235. The summed E-state index contributed by atoms with van der Waals surface area (Å²) in [6.07, 6.45) is 6.65. The van der Waals surface area contributed by atoms with Gasteiger partial charge in [0.25, 0.3) is 11.8 Å². The first-order valence-corrected chi connectivity index (χ1v) is 9.34. The van der Waals surface area contributed by atoms with Gasteiger partial charge in [-0.25, -0.2) is 15.0 Å². The van der Waals surface area contributed by atoms with Crippen molar-refractivity contribution < 1.29 is 9.59 Å². The van der Waals surface area contributed by atoms with Crippen LogP contribution in [-0.2, 0) is 4.79 Å². The van der Waals surface area contributed by atoms with E-state index in [0.29, 0.717) is 29.2 Å². The third-order valence-electron chi connectivity index (χ3n) is 4.03. The maximum absolute atomic E-state index is 12.9. The van der Waals surface area contributed by atoms with E-state index in [1.807, 2.05) is 6.07 Å². The largest absolute Gasteiger partial charge is 0.392 e. The Hall–Kier alpha value is -3.18. The normalized spacial score (nSPS) is 14.1. The lowest BCUT2D eigenvalue weighted by Crippen LogP contribution is -2.32. The van der Waals surface area contributed by atoms with Crippen molar-refractivity contribution in [1.82, 2.24) is 25.6 Å². The molecule has 0 saturated heterocycles. The smallest absolute Gasteiger partial charge is 0.276 e. The molecule has 0 bridgehead atoms. The zero-order chi connectivity index (χ0) is 20.1. The molecule has 0 aromatic carbocycles. The van der Waals surface area contributed by atoms with Gasteiger partial charge in [-0.2, -0.15) is 0 Å². The van der Waals surface area contributed by atoms with Crippen LogP contribution >= 0.6 is 11.9 Å². The van der Waals surface area contributed by atoms with Crippen molar-refractivity contribution in [2.24, 2.45) is 10.9 Å².